The van der Waals surface area contributed by atoms with E-state index in [1.165, 1.54) is 7.11 Å². The van der Waals surface area contributed by atoms with Gasteiger partial charge < -0.3 is 58.5 Å². The van der Waals surface area contributed by atoms with Crippen molar-refractivity contribution in [3.8, 4) is 5.75 Å². The van der Waals surface area contributed by atoms with Crippen molar-refractivity contribution in [2.24, 2.45) is 0 Å². The Morgan fingerprint density at radius 2 is 1.16 bits per heavy atom. The van der Waals surface area contributed by atoms with Gasteiger partial charge in [0.2, 0.25) is 0 Å². The number of aliphatic carboxylic acids is 4. The largest absolute Gasteiger partial charge is 3.00 e. The summed E-state index contributed by atoms with van der Waals surface area (Å²) in [5.41, 5.74) is 0.719. The van der Waals surface area contributed by atoms with Crippen LogP contribution in [0.15, 0.2) is 24.3 Å². The van der Waals surface area contributed by atoms with Crippen LogP contribution < -0.4 is 20.1 Å². The molecule has 1 aliphatic rings. The number of methoxy groups -OCH3 is 1. The molecule has 1 fully saturated rings. The number of carboxylic acids is 4. The van der Waals surface area contributed by atoms with Crippen LogP contribution in [0.25, 0.3) is 0 Å². The van der Waals surface area contributed by atoms with Crippen LogP contribution in [0.5, 0.6) is 5.75 Å². The molecule has 0 aliphatic carbocycles. The van der Waals surface area contributed by atoms with Crippen molar-refractivity contribution in [2.45, 2.75) is 25.4 Å². The first-order valence-corrected chi connectivity index (χ1v) is 16.7. The van der Waals surface area contributed by atoms with Crippen molar-refractivity contribution in [2.75, 3.05) is 125 Å². The molecule has 1 aromatic carbocycles. The summed E-state index contributed by atoms with van der Waals surface area (Å²) in [6, 6.07) is 4.82. The second-order valence-corrected chi connectivity index (χ2v) is 11.6. The quantitative estimate of drug-likeness (QED) is 0.103. The molecule has 2 rings (SSSR count). The molecule has 0 bridgehead atoms. The van der Waals surface area contributed by atoms with Gasteiger partial charge in [-0.05, 0) is 31.0 Å². The Balaban J connectivity index is 0.0000130. The van der Waals surface area contributed by atoms with Crippen molar-refractivity contribution < 1.29 is 103 Å². The average Bonchev–Trinajstić information content (AvgIpc) is 3.06. The Bertz CT molecular complexity index is 1120. The molecule has 0 aromatic heterocycles. The van der Waals surface area contributed by atoms with Gasteiger partial charge in [-0.15, -0.1) is 0 Å². The van der Waals surface area contributed by atoms with E-state index in [1.807, 2.05) is 6.92 Å². The molecule has 0 spiro atoms. The van der Waals surface area contributed by atoms with E-state index in [-0.39, 0.29) is 105 Å². The van der Waals surface area contributed by atoms with Crippen molar-refractivity contribution in [3.63, 3.8) is 0 Å². The van der Waals surface area contributed by atoms with Gasteiger partial charge in [-0.25, -0.2) is 0 Å². The maximum atomic E-state index is 12.6. The van der Waals surface area contributed by atoms with Crippen LogP contribution in [0.3, 0.4) is 0 Å². The Hall–Kier alpha value is -2.10. The van der Waals surface area contributed by atoms with E-state index in [4.69, 9.17) is 23.7 Å². The average molecular weight is 869 g/mol. The molecule has 18 heteroatoms. The van der Waals surface area contributed by atoms with Gasteiger partial charge in [-0.1, -0.05) is 12.1 Å². The molecule has 0 amide bonds. The normalized spacial score (nSPS) is 17.0. The molecular formula is C33H51GdN4O13. The molecule has 1 aliphatic heterocycles. The van der Waals surface area contributed by atoms with Gasteiger partial charge in [0, 0.05) is 79.2 Å². The second kappa shape index (κ2) is 27.5. The fourth-order valence-electron chi connectivity index (χ4n) is 5.43. The van der Waals surface area contributed by atoms with Crippen LogP contribution in [0.2, 0.25) is 0 Å². The molecule has 1 aromatic rings. The predicted octanol–water partition coefficient (Wildman–Crippen LogP) is -4.38. The van der Waals surface area contributed by atoms with Crippen LogP contribution in [-0.4, -0.2) is 186 Å². The molecule has 1 heterocycles. The van der Waals surface area contributed by atoms with E-state index >= 15 is 0 Å². The number of carboxylic acid groups (broad SMARTS) is 4. The number of nitrogens with zero attached hydrogens (tertiary/aromatic N) is 4. The number of benzene rings is 1. The smallest absolute Gasteiger partial charge is 0.549 e. The second-order valence-electron chi connectivity index (χ2n) is 11.6. The van der Waals surface area contributed by atoms with Crippen LogP contribution in [0, 0.1) is 39.9 Å². The molecular weight excluding hydrogens is 818 g/mol. The predicted molar refractivity (Wildman–Crippen MR) is 172 cm³/mol. The fourth-order valence-corrected chi connectivity index (χ4v) is 5.43. The number of rotatable bonds is 23. The molecule has 17 nitrogen and oxygen atoms in total. The maximum Gasteiger partial charge on any atom is 3.00 e. The van der Waals surface area contributed by atoms with Crippen LogP contribution in [0.1, 0.15) is 12.5 Å². The summed E-state index contributed by atoms with van der Waals surface area (Å²) in [4.78, 5) is 54.0. The summed E-state index contributed by atoms with van der Waals surface area (Å²) < 4.78 is 26.9. The molecule has 1 N–H and O–H groups in total. The summed E-state index contributed by atoms with van der Waals surface area (Å²) in [6.45, 7) is 4.99. The number of ether oxygens (including phenoxy) is 5. The Morgan fingerprint density at radius 1 is 0.706 bits per heavy atom. The van der Waals surface area contributed by atoms with Crippen molar-refractivity contribution >= 4 is 23.9 Å². The van der Waals surface area contributed by atoms with Crippen molar-refractivity contribution in [1.29, 1.82) is 0 Å². The third-order valence-electron chi connectivity index (χ3n) is 8.08. The van der Waals surface area contributed by atoms with Crippen molar-refractivity contribution in [1.82, 2.24) is 19.6 Å². The van der Waals surface area contributed by atoms with E-state index in [2.05, 4.69) is 0 Å². The van der Waals surface area contributed by atoms with Crippen molar-refractivity contribution in [3.05, 3.63) is 29.8 Å². The van der Waals surface area contributed by atoms with Crippen LogP contribution in [0.4, 0.5) is 0 Å². The van der Waals surface area contributed by atoms with E-state index in [9.17, 15) is 39.6 Å². The third-order valence-corrected chi connectivity index (χ3v) is 8.08. The van der Waals surface area contributed by atoms with Gasteiger partial charge in [-0.2, -0.15) is 0 Å². The zero-order valence-corrected chi connectivity index (χ0v) is 31.7. The monoisotopic (exact) mass is 869 g/mol. The molecule has 51 heavy (non-hydrogen) atoms. The Kier molecular flexibility index (Phi) is 25.3. The van der Waals surface area contributed by atoms with Gasteiger partial charge in [0.15, 0.2) is 0 Å². The fraction of sp³-hybridized carbons (Fsp3) is 0.697. The van der Waals surface area contributed by atoms with Crippen LogP contribution in [-0.2, 0) is 44.5 Å². The minimum atomic E-state index is -1.38. The van der Waals surface area contributed by atoms with Gasteiger partial charge in [-0.3, -0.25) is 24.4 Å². The minimum absolute atomic E-state index is 0. The van der Waals surface area contributed by atoms with Gasteiger partial charge in [0.1, 0.15) is 18.4 Å². The SMILES string of the molecule is CCOCCOCCOCCOc1ccc(CC(C(=O)O)N2CCN(CC(=O)[O-])CCN(C(COC)C(=O)[O-])CCN(CC(=O)[O-])CC2)cc1.[Gd+3]. The molecule has 289 valence electrons. The summed E-state index contributed by atoms with van der Waals surface area (Å²) >= 11 is 0. The molecule has 1 radical (unpaired) electrons. The topological polar surface area (TPSA) is 217 Å². The van der Waals surface area contributed by atoms with E-state index in [0.29, 0.717) is 52.0 Å². The molecule has 2 atom stereocenters. The number of carbonyl (C=O) groups excluding carboxylic acids is 3. The maximum absolute atomic E-state index is 12.6. The zero-order valence-electron chi connectivity index (χ0n) is 29.4. The van der Waals surface area contributed by atoms with E-state index < -0.39 is 49.1 Å². The van der Waals surface area contributed by atoms with E-state index in [0.717, 1.165) is 5.56 Å². The first-order valence-electron chi connectivity index (χ1n) is 16.7. The Morgan fingerprint density at radius 3 is 1.57 bits per heavy atom. The summed E-state index contributed by atoms with van der Waals surface area (Å²) in [5.74, 6) is -4.58. The van der Waals surface area contributed by atoms with Gasteiger partial charge in [0.25, 0.3) is 0 Å². The standard InChI is InChI=1S/C33H54N4O13.Gd/c1-3-47-16-17-48-18-19-49-20-21-50-27-6-4-26(5-7-27)22-28(32(42)43)36-12-8-34(23-30(38)39)10-14-37(29(25-46-2)33(44)45)15-11-35(9-13-36)24-31(40)41;/h4-7,28-29H,3,8-25H2,1-2H3,(H,38,39)(H,40,41)(H,42,43)(H,44,45);/q;+3/p-3. The van der Waals surface area contributed by atoms with Crippen LogP contribution >= 0.6 is 0 Å². The Labute approximate surface area is 331 Å². The molecule has 0 saturated carbocycles. The summed E-state index contributed by atoms with van der Waals surface area (Å²) in [6.07, 6.45) is 0.112. The summed E-state index contributed by atoms with van der Waals surface area (Å²) in [5, 5.41) is 45.4. The molecule has 2 unspecified atom stereocenters. The minimum Gasteiger partial charge on any atom is -0.549 e. The summed E-state index contributed by atoms with van der Waals surface area (Å²) in [7, 11) is 1.34. The number of carbonyl (C=O) groups is 4. The zero-order chi connectivity index (χ0) is 36.7. The van der Waals surface area contributed by atoms with Gasteiger partial charge in [0.05, 0.1) is 63.6 Å². The van der Waals surface area contributed by atoms with Gasteiger partial charge >= 0.3 is 45.9 Å². The first kappa shape index (κ1) is 46.9. The third kappa shape index (κ3) is 20.1. The van der Waals surface area contributed by atoms with E-state index in [1.54, 1.807) is 43.9 Å². The molecule has 1 saturated heterocycles. The number of hydrogen-bond donors (Lipinski definition) is 1. The number of hydrogen-bond acceptors (Lipinski definition) is 16. The first-order chi connectivity index (χ1) is 24.0.